The molecule has 0 spiro atoms. The summed E-state index contributed by atoms with van der Waals surface area (Å²) in [5, 5.41) is 17.7. The molecule has 4 aromatic rings. The zero-order valence-corrected chi connectivity index (χ0v) is 25.0. The topological polar surface area (TPSA) is 125 Å². The van der Waals surface area contributed by atoms with Gasteiger partial charge in [-0.1, -0.05) is 36.4 Å². The smallest absolute Gasteiger partial charge is 0.331 e. The highest BCUT2D eigenvalue weighted by Gasteiger charge is 2.25. The van der Waals surface area contributed by atoms with E-state index in [2.05, 4.69) is 30.9 Å². The van der Waals surface area contributed by atoms with E-state index in [1.54, 1.807) is 12.4 Å². The third kappa shape index (κ3) is 5.96. The summed E-state index contributed by atoms with van der Waals surface area (Å²) in [7, 11) is 0. The van der Waals surface area contributed by atoms with Crippen molar-refractivity contribution in [3.8, 4) is 11.4 Å². The van der Waals surface area contributed by atoms with Crippen LogP contribution in [0.4, 0.5) is 11.6 Å². The lowest BCUT2D eigenvalue weighted by Crippen LogP contribution is -2.35. The lowest BCUT2D eigenvalue weighted by atomic mass is 10.2. The van der Waals surface area contributed by atoms with Crippen molar-refractivity contribution in [2.75, 3.05) is 36.0 Å². The van der Waals surface area contributed by atoms with E-state index in [0.717, 1.165) is 97.4 Å². The highest BCUT2D eigenvalue weighted by molar-refractivity contribution is 6.35. The molecule has 2 N–H and O–H groups in total. The molecule has 226 valence electrons. The molecule has 44 heavy (non-hydrogen) atoms. The molecule has 0 unspecified atom stereocenters. The van der Waals surface area contributed by atoms with E-state index in [9.17, 15) is 9.59 Å². The average Bonchev–Trinajstić information content (AvgIpc) is 3.86. The molecule has 4 heterocycles. The highest BCUT2D eigenvalue weighted by Crippen LogP contribution is 2.30. The summed E-state index contributed by atoms with van der Waals surface area (Å²) in [6.45, 7) is 7.46. The first kappa shape index (κ1) is 28.8. The first-order valence-electron chi connectivity index (χ1n) is 15.0. The van der Waals surface area contributed by atoms with Crippen molar-refractivity contribution in [1.29, 1.82) is 0 Å². The highest BCUT2D eigenvalue weighted by atomic mass is 16.2. The number of hydrogen-bond donors (Lipinski definition) is 2. The molecule has 2 aliphatic rings. The number of anilines is 2. The monoisotopic (exact) mass is 592 g/mol. The second-order valence-electron chi connectivity index (χ2n) is 10.9. The minimum absolute atomic E-state index is 0.767. The van der Waals surface area contributed by atoms with Crippen molar-refractivity contribution in [2.24, 2.45) is 10.2 Å². The molecule has 2 aliphatic heterocycles. The zero-order chi connectivity index (χ0) is 30.5. The predicted octanol–water partition coefficient (Wildman–Crippen LogP) is 3.48. The largest absolute Gasteiger partial charge is 0.356 e. The summed E-state index contributed by atoms with van der Waals surface area (Å²) >= 11 is 0. The van der Waals surface area contributed by atoms with Crippen LogP contribution in [0.5, 0.6) is 0 Å². The van der Waals surface area contributed by atoms with Crippen LogP contribution >= 0.6 is 0 Å². The van der Waals surface area contributed by atoms with Crippen LogP contribution in [0.2, 0.25) is 0 Å². The first-order valence-corrected chi connectivity index (χ1v) is 15.0. The number of aryl methyl sites for hydroxylation is 2. The number of para-hydroxylation sites is 2. The van der Waals surface area contributed by atoms with E-state index < -0.39 is 11.8 Å². The van der Waals surface area contributed by atoms with Crippen molar-refractivity contribution in [3.63, 3.8) is 0 Å². The van der Waals surface area contributed by atoms with Gasteiger partial charge in [-0.05, 0) is 63.8 Å². The number of rotatable bonds is 8. The van der Waals surface area contributed by atoms with Crippen LogP contribution in [0.3, 0.4) is 0 Å². The predicted molar refractivity (Wildman–Crippen MR) is 171 cm³/mol. The molecule has 2 fully saturated rings. The Balaban J connectivity index is 1.15. The number of carbonyl (C=O) groups is 2. The minimum Gasteiger partial charge on any atom is -0.356 e. The SMILES string of the molecule is Cc1nn(-c2ccccc2)c(N2CCCC2)c1C=NNC(=O)C(=O)NN=Cc1c(C)nn(-c2ccccc2)c1N1CCCC1. The van der Waals surface area contributed by atoms with E-state index in [4.69, 9.17) is 10.2 Å². The van der Waals surface area contributed by atoms with Crippen molar-refractivity contribution in [2.45, 2.75) is 39.5 Å². The molecular formula is C32H36N10O2. The number of aromatic nitrogens is 4. The average molecular weight is 593 g/mol. The second kappa shape index (κ2) is 12.9. The van der Waals surface area contributed by atoms with Crippen LogP contribution in [0.1, 0.15) is 48.2 Å². The van der Waals surface area contributed by atoms with Gasteiger partial charge in [0, 0.05) is 26.2 Å². The van der Waals surface area contributed by atoms with Crippen LogP contribution in [0.15, 0.2) is 70.9 Å². The second-order valence-corrected chi connectivity index (χ2v) is 10.9. The van der Waals surface area contributed by atoms with E-state index in [-0.39, 0.29) is 0 Å². The fourth-order valence-electron chi connectivity index (χ4n) is 5.73. The fraction of sp³-hybridized carbons (Fsp3) is 0.312. The Labute approximate surface area is 256 Å². The maximum Gasteiger partial charge on any atom is 0.331 e. The third-order valence-corrected chi connectivity index (χ3v) is 7.90. The molecule has 2 aromatic carbocycles. The van der Waals surface area contributed by atoms with Gasteiger partial charge in [0.1, 0.15) is 11.6 Å². The third-order valence-electron chi connectivity index (χ3n) is 7.90. The van der Waals surface area contributed by atoms with Gasteiger partial charge in [-0.3, -0.25) is 9.59 Å². The van der Waals surface area contributed by atoms with E-state index >= 15 is 0 Å². The van der Waals surface area contributed by atoms with Crippen LogP contribution in [0, 0.1) is 13.8 Å². The Bertz CT molecular complexity index is 1550. The lowest BCUT2D eigenvalue weighted by molar-refractivity contribution is -0.139. The van der Waals surface area contributed by atoms with Crippen LogP contribution in [-0.2, 0) is 9.59 Å². The van der Waals surface area contributed by atoms with Crippen molar-refractivity contribution in [1.82, 2.24) is 30.4 Å². The summed E-state index contributed by atoms with van der Waals surface area (Å²) in [4.78, 5) is 29.7. The molecule has 0 bridgehead atoms. The number of hydrazone groups is 2. The van der Waals surface area contributed by atoms with Gasteiger partial charge in [0.05, 0.1) is 46.3 Å². The van der Waals surface area contributed by atoms with Gasteiger partial charge >= 0.3 is 11.8 Å². The Kier molecular flexibility index (Phi) is 8.48. The molecule has 0 radical (unpaired) electrons. The van der Waals surface area contributed by atoms with Gasteiger partial charge < -0.3 is 9.80 Å². The quantitative estimate of drug-likeness (QED) is 0.183. The molecular weight excluding hydrogens is 556 g/mol. The lowest BCUT2D eigenvalue weighted by Gasteiger charge is -2.20. The molecule has 0 aliphatic carbocycles. The standard InChI is InChI=1S/C32H36N10O2/c1-23-27(31(39-17-9-10-18-39)41(37-23)25-13-5-3-6-14-25)21-33-35-29(43)30(44)36-34-22-28-24(2)38-42(26-15-7-4-8-16-26)32(28)40-19-11-12-20-40/h3-8,13-16,21-22H,9-12,17-20H2,1-2H3,(H,35,43)(H,36,44). The van der Waals surface area contributed by atoms with Gasteiger partial charge in [-0.2, -0.15) is 20.4 Å². The molecule has 12 nitrogen and oxygen atoms in total. The maximum absolute atomic E-state index is 12.6. The van der Waals surface area contributed by atoms with Gasteiger partial charge in [0.15, 0.2) is 0 Å². The normalized spacial score (nSPS) is 15.1. The molecule has 0 atom stereocenters. The maximum atomic E-state index is 12.6. The number of hydrogen-bond acceptors (Lipinski definition) is 8. The summed E-state index contributed by atoms with van der Waals surface area (Å²) < 4.78 is 3.81. The first-order chi connectivity index (χ1) is 21.5. The zero-order valence-electron chi connectivity index (χ0n) is 25.0. The van der Waals surface area contributed by atoms with Crippen molar-refractivity contribution < 1.29 is 9.59 Å². The van der Waals surface area contributed by atoms with E-state index in [1.807, 2.05) is 83.9 Å². The minimum atomic E-state index is -0.925. The Morgan fingerprint density at radius 1 is 0.636 bits per heavy atom. The summed E-state index contributed by atoms with van der Waals surface area (Å²) in [5.41, 5.74) is 9.65. The number of amides is 2. The van der Waals surface area contributed by atoms with Gasteiger partial charge in [0.25, 0.3) is 0 Å². The van der Waals surface area contributed by atoms with Crippen LogP contribution < -0.4 is 20.7 Å². The van der Waals surface area contributed by atoms with Crippen LogP contribution in [-0.4, -0.2) is 70.0 Å². The molecule has 2 aromatic heterocycles. The summed E-state index contributed by atoms with van der Waals surface area (Å²) in [5.74, 6) is -0.0201. The molecule has 2 amide bonds. The Morgan fingerprint density at radius 3 is 1.36 bits per heavy atom. The van der Waals surface area contributed by atoms with E-state index in [0.29, 0.717) is 0 Å². The van der Waals surface area contributed by atoms with Gasteiger partial charge in [-0.15, -0.1) is 0 Å². The van der Waals surface area contributed by atoms with E-state index in [1.165, 1.54) is 0 Å². The Morgan fingerprint density at radius 2 is 1.00 bits per heavy atom. The van der Waals surface area contributed by atoms with Gasteiger partial charge in [-0.25, -0.2) is 20.2 Å². The molecule has 12 heteroatoms. The van der Waals surface area contributed by atoms with Gasteiger partial charge in [0.2, 0.25) is 0 Å². The number of nitrogens with zero attached hydrogens (tertiary/aromatic N) is 8. The number of carbonyl (C=O) groups excluding carboxylic acids is 2. The Hall–Kier alpha value is -5.26. The molecule has 2 saturated heterocycles. The van der Waals surface area contributed by atoms with Crippen molar-refractivity contribution >= 4 is 35.9 Å². The number of nitrogens with one attached hydrogen (secondary N) is 2. The number of benzene rings is 2. The summed E-state index contributed by atoms with van der Waals surface area (Å²) in [6, 6.07) is 19.8. The fourth-order valence-corrected chi connectivity index (χ4v) is 5.73. The molecule has 6 rings (SSSR count). The molecule has 0 saturated carbocycles. The summed E-state index contributed by atoms with van der Waals surface area (Å²) in [6.07, 6.45) is 7.48. The van der Waals surface area contributed by atoms with Crippen LogP contribution in [0.25, 0.3) is 11.4 Å². The van der Waals surface area contributed by atoms with Crippen molar-refractivity contribution in [3.05, 3.63) is 83.2 Å².